The fraction of sp³-hybridized carbons (Fsp3) is 0.667. The van der Waals surface area contributed by atoms with Crippen molar-refractivity contribution < 1.29 is 0 Å². The standard InChI is InChI=1S/C18H28BrN/c1-3-11-20-18(16-6-4-5-14(2)12-16)13-15-7-9-17(19)10-8-15/h7-10,14,16,18,20H,3-6,11-13H2,1-2H3. The van der Waals surface area contributed by atoms with Gasteiger partial charge in [0.1, 0.15) is 0 Å². The van der Waals surface area contributed by atoms with E-state index >= 15 is 0 Å². The van der Waals surface area contributed by atoms with Crippen LogP contribution >= 0.6 is 15.9 Å². The van der Waals surface area contributed by atoms with E-state index in [1.165, 1.54) is 48.6 Å². The predicted molar refractivity (Wildman–Crippen MR) is 91.0 cm³/mol. The summed E-state index contributed by atoms with van der Waals surface area (Å²) in [5.41, 5.74) is 1.46. The number of nitrogens with one attached hydrogen (secondary N) is 1. The minimum absolute atomic E-state index is 0.652. The largest absolute Gasteiger partial charge is 0.313 e. The van der Waals surface area contributed by atoms with Gasteiger partial charge in [0, 0.05) is 10.5 Å². The Labute approximate surface area is 132 Å². The van der Waals surface area contributed by atoms with Gasteiger partial charge < -0.3 is 5.32 Å². The van der Waals surface area contributed by atoms with Crippen LogP contribution in [0.15, 0.2) is 28.7 Å². The average Bonchev–Trinajstić information content (AvgIpc) is 2.45. The second-order valence-corrected chi connectivity index (χ2v) is 7.34. The highest BCUT2D eigenvalue weighted by Crippen LogP contribution is 2.32. The first kappa shape index (κ1) is 16.0. The van der Waals surface area contributed by atoms with Crippen LogP contribution in [0, 0.1) is 11.8 Å². The molecule has 1 aliphatic rings. The molecule has 0 saturated heterocycles. The van der Waals surface area contributed by atoms with Gasteiger partial charge in [-0.05, 0) is 61.8 Å². The molecule has 1 N–H and O–H groups in total. The van der Waals surface area contributed by atoms with Crippen LogP contribution in [0.25, 0.3) is 0 Å². The van der Waals surface area contributed by atoms with Crippen molar-refractivity contribution in [1.29, 1.82) is 0 Å². The fourth-order valence-electron chi connectivity index (χ4n) is 3.46. The van der Waals surface area contributed by atoms with Crippen molar-refractivity contribution >= 4 is 15.9 Å². The first-order valence-electron chi connectivity index (χ1n) is 8.17. The number of benzene rings is 1. The molecule has 1 aliphatic carbocycles. The van der Waals surface area contributed by atoms with Gasteiger partial charge in [0.15, 0.2) is 0 Å². The molecule has 0 heterocycles. The zero-order chi connectivity index (χ0) is 14.4. The van der Waals surface area contributed by atoms with Crippen LogP contribution in [0.3, 0.4) is 0 Å². The van der Waals surface area contributed by atoms with Crippen LogP contribution in [0.2, 0.25) is 0 Å². The maximum atomic E-state index is 3.81. The quantitative estimate of drug-likeness (QED) is 0.753. The highest BCUT2D eigenvalue weighted by Gasteiger charge is 2.26. The molecule has 0 bridgehead atoms. The summed E-state index contributed by atoms with van der Waals surface area (Å²) in [6.45, 7) is 5.82. The molecule has 1 aromatic carbocycles. The maximum Gasteiger partial charge on any atom is 0.0175 e. The van der Waals surface area contributed by atoms with Crippen LogP contribution in [-0.4, -0.2) is 12.6 Å². The minimum Gasteiger partial charge on any atom is -0.313 e. The third-order valence-corrected chi connectivity index (χ3v) is 5.10. The minimum atomic E-state index is 0.652. The summed E-state index contributed by atoms with van der Waals surface area (Å²) in [6, 6.07) is 9.50. The van der Waals surface area contributed by atoms with Crippen LogP contribution in [-0.2, 0) is 6.42 Å². The Morgan fingerprint density at radius 3 is 2.65 bits per heavy atom. The molecule has 0 spiro atoms. The molecule has 112 valence electrons. The first-order chi connectivity index (χ1) is 9.69. The number of hydrogen-bond acceptors (Lipinski definition) is 1. The molecule has 1 saturated carbocycles. The van der Waals surface area contributed by atoms with E-state index in [0.717, 1.165) is 18.4 Å². The molecule has 1 fully saturated rings. The smallest absolute Gasteiger partial charge is 0.0175 e. The Hall–Kier alpha value is -0.340. The summed E-state index contributed by atoms with van der Waals surface area (Å²) in [5.74, 6) is 1.76. The Balaban J connectivity index is 2.00. The Kier molecular flexibility index (Phi) is 6.57. The van der Waals surface area contributed by atoms with Crippen molar-refractivity contribution in [2.45, 2.75) is 58.4 Å². The second-order valence-electron chi connectivity index (χ2n) is 6.42. The second kappa shape index (κ2) is 8.19. The predicted octanol–water partition coefficient (Wildman–Crippen LogP) is 5.19. The number of hydrogen-bond donors (Lipinski definition) is 1. The lowest BCUT2D eigenvalue weighted by Gasteiger charge is -2.34. The zero-order valence-corrected chi connectivity index (χ0v) is 14.5. The molecule has 3 unspecified atom stereocenters. The summed E-state index contributed by atoms with van der Waals surface area (Å²) in [7, 11) is 0. The normalized spacial score (nSPS) is 24.6. The molecular weight excluding hydrogens is 310 g/mol. The fourth-order valence-corrected chi connectivity index (χ4v) is 3.72. The van der Waals surface area contributed by atoms with E-state index in [4.69, 9.17) is 0 Å². The van der Waals surface area contributed by atoms with E-state index in [1.807, 2.05) is 0 Å². The first-order valence-corrected chi connectivity index (χ1v) is 8.96. The molecule has 0 radical (unpaired) electrons. The van der Waals surface area contributed by atoms with Crippen molar-refractivity contribution in [2.75, 3.05) is 6.54 Å². The van der Waals surface area contributed by atoms with Crippen molar-refractivity contribution in [3.05, 3.63) is 34.3 Å². The molecular formula is C18H28BrN. The van der Waals surface area contributed by atoms with Gasteiger partial charge in [-0.2, -0.15) is 0 Å². The van der Waals surface area contributed by atoms with E-state index in [-0.39, 0.29) is 0 Å². The van der Waals surface area contributed by atoms with E-state index < -0.39 is 0 Å². The van der Waals surface area contributed by atoms with Gasteiger partial charge in [-0.25, -0.2) is 0 Å². The molecule has 0 amide bonds. The molecule has 0 aromatic heterocycles. The van der Waals surface area contributed by atoms with Gasteiger partial charge in [0.05, 0.1) is 0 Å². The summed E-state index contributed by atoms with van der Waals surface area (Å²) in [4.78, 5) is 0. The summed E-state index contributed by atoms with van der Waals surface area (Å²) in [6.07, 6.45) is 8.04. The SMILES string of the molecule is CCCNC(Cc1ccc(Br)cc1)C1CCCC(C)C1. The van der Waals surface area contributed by atoms with Crippen molar-refractivity contribution in [3.8, 4) is 0 Å². The highest BCUT2D eigenvalue weighted by molar-refractivity contribution is 9.10. The lowest BCUT2D eigenvalue weighted by molar-refractivity contribution is 0.221. The zero-order valence-electron chi connectivity index (χ0n) is 12.9. The van der Waals surface area contributed by atoms with E-state index in [9.17, 15) is 0 Å². The average molecular weight is 338 g/mol. The molecule has 2 heteroatoms. The van der Waals surface area contributed by atoms with Crippen LogP contribution in [0.5, 0.6) is 0 Å². The van der Waals surface area contributed by atoms with Crippen LogP contribution < -0.4 is 5.32 Å². The van der Waals surface area contributed by atoms with Gasteiger partial charge in [-0.15, -0.1) is 0 Å². The summed E-state index contributed by atoms with van der Waals surface area (Å²) in [5, 5.41) is 3.81. The van der Waals surface area contributed by atoms with Gasteiger partial charge in [-0.1, -0.05) is 54.8 Å². The van der Waals surface area contributed by atoms with E-state index in [2.05, 4.69) is 59.4 Å². The molecule has 1 aromatic rings. The Morgan fingerprint density at radius 2 is 2.00 bits per heavy atom. The molecule has 20 heavy (non-hydrogen) atoms. The van der Waals surface area contributed by atoms with Crippen LogP contribution in [0.4, 0.5) is 0 Å². The van der Waals surface area contributed by atoms with Crippen molar-refractivity contribution in [2.24, 2.45) is 11.8 Å². The molecule has 2 rings (SSSR count). The van der Waals surface area contributed by atoms with Crippen molar-refractivity contribution in [3.63, 3.8) is 0 Å². The maximum absolute atomic E-state index is 3.81. The highest BCUT2D eigenvalue weighted by atomic mass is 79.9. The van der Waals surface area contributed by atoms with E-state index in [1.54, 1.807) is 0 Å². The topological polar surface area (TPSA) is 12.0 Å². The Morgan fingerprint density at radius 1 is 1.25 bits per heavy atom. The third kappa shape index (κ3) is 4.89. The lowest BCUT2D eigenvalue weighted by atomic mass is 9.77. The molecule has 1 nitrogen and oxygen atoms in total. The van der Waals surface area contributed by atoms with Gasteiger partial charge >= 0.3 is 0 Å². The van der Waals surface area contributed by atoms with Crippen molar-refractivity contribution in [1.82, 2.24) is 5.32 Å². The molecule has 0 aliphatic heterocycles. The van der Waals surface area contributed by atoms with Crippen LogP contribution in [0.1, 0.15) is 51.5 Å². The summed E-state index contributed by atoms with van der Waals surface area (Å²) >= 11 is 3.52. The van der Waals surface area contributed by atoms with Gasteiger partial charge in [-0.3, -0.25) is 0 Å². The monoisotopic (exact) mass is 337 g/mol. The van der Waals surface area contributed by atoms with Gasteiger partial charge in [0.2, 0.25) is 0 Å². The summed E-state index contributed by atoms with van der Waals surface area (Å²) < 4.78 is 1.17. The Bertz CT molecular complexity index is 387. The number of halogens is 1. The lowest BCUT2D eigenvalue weighted by Crippen LogP contribution is -2.40. The third-order valence-electron chi connectivity index (χ3n) is 4.57. The number of rotatable bonds is 6. The molecule has 3 atom stereocenters. The van der Waals surface area contributed by atoms with Gasteiger partial charge in [0.25, 0.3) is 0 Å². The van der Waals surface area contributed by atoms with E-state index in [0.29, 0.717) is 6.04 Å².